The zero-order valence-corrected chi connectivity index (χ0v) is 14.9. The van der Waals surface area contributed by atoms with Crippen molar-refractivity contribution in [1.29, 1.82) is 0 Å². The summed E-state index contributed by atoms with van der Waals surface area (Å²) in [6.07, 6.45) is 4.63. The summed E-state index contributed by atoms with van der Waals surface area (Å²) in [6, 6.07) is 15.0. The standard InChI is InChI=1S/C21H29NO2/c1-3-23-20(24-21(2)13-6-7-14-21)16-22-15-18-11-8-10-17-9-4-5-12-19(17)18/h4-5,8-12,20,22H,3,6-7,13-16H2,1-2H3. The summed E-state index contributed by atoms with van der Waals surface area (Å²) >= 11 is 0. The second-order valence-electron chi connectivity index (χ2n) is 6.93. The van der Waals surface area contributed by atoms with Crippen molar-refractivity contribution >= 4 is 10.8 Å². The smallest absolute Gasteiger partial charge is 0.170 e. The Morgan fingerprint density at radius 2 is 1.83 bits per heavy atom. The molecule has 2 aromatic carbocycles. The van der Waals surface area contributed by atoms with Gasteiger partial charge in [0.1, 0.15) is 0 Å². The fourth-order valence-corrected chi connectivity index (χ4v) is 3.65. The molecule has 24 heavy (non-hydrogen) atoms. The van der Waals surface area contributed by atoms with Crippen molar-refractivity contribution < 1.29 is 9.47 Å². The van der Waals surface area contributed by atoms with Gasteiger partial charge in [0, 0.05) is 19.7 Å². The number of nitrogens with one attached hydrogen (secondary N) is 1. The van der Waals surface area contributed by atoms with Gasteiger partial charge in [-0.3, -0.25) is 0 Å². The summed E-state index contributed by atoms with van der Waals surface area (Å²) in [5, 5.41) is 6.11. The van der Waals surface area contributed by atoms with Gasteiger partial charge in [-0.05, 0) is 43.0 Å². The SMILES string of the molecule is CCOC(CNCc1cccc2ccccc12)OC1(C)CCCC1. The number of ether oxygens (including phenoxy) is 2. The molecule has 0 heterocycles. The Balaban J connectivity index is 1.58. The molecule has 0 saturated heterocycles. The molecule has 1 atom stereocenters. The summed E-state index contributed by atoms with van der Waals surface area (Å²) in [4.78, 5) is 0. The van der Waals surface area contributed by atoms with Gasteiger partial charge in [0.15, 0.2) is 6.29 Å². The van der Waals surface area contributed by atoms with Crippen LogP contribution in [0.15, 0.2) is 42.5 Å². The topological polar surface area (TPSA) is 30.5 Å². The highest BCUT2D eigenvalue weighted by molar-refractivity contribution is 5.85. The van der Waals surface area contributed by atoms with E-state index in [2.05, 4.69) is 54.7 Å². The predicted molar refractivity (Wildman–Crippen MR) is 99.0 cm³/mol. The number of hydrogen-bond acceptors (Lipinski definition) is 3. The monoisotopic (exact) mass is 327 g/mol. The summed E-state index contributed by atoms with van der Waals surface area (Å²) in [6.45, 7) is 6.46. The molecule has 1 aliphatic carbocycles. The van der Waals surface area contributed by atoms with E-state index in [0.717, 1.165) is 19.4 Å². The van der Waals surface area contributed by atoms with Crippen LogP contribution >= 0.6 is 0 Å². The lowest BCUT2D eigenvalue weighted by molar-refractivity contribution is -0.199. The third-order valence-corrected chi connectivity index (χ3v) is 4.94. The van der Waals surface area contributed by atoms with E-state index < -0.39 is 0 Å². The van der Waals surface area contributed by atoms with Crippen molar-refractivity contribution in [2.75, 3.05) is 13.2 Å². The fraction of sp³-hybridized carbons (Fsp3) is 0.524. The van der Waals surface area contributed by atoms with Gasteiger partial charge in [0.05, 0.1) is 5.60 Å². The minimum atomic E-state index is -0.173. The molecule has 1 unspecified atom stereocenters. The van der Waals surface area contributed by atoms with E-state index in [1.165, 1.54) is 29.2 Å². The first-order valence-electron chi connectivity index (χ1n) is 9.17. The van der Waals surface area contributed by atoms with Gasteiger partial charge in [0.2, 0.25) is 0 Å². The van der Waals surface area contributed by atoms with Crippen LogP contribution in [0, 0.1) is 0 Å². The van der Waals surface area contributed by atoms with Crippen molar-refractivity contribution in [3.63, 3.8) is 0 Å². The van der Waals surface area contributed by atoms with Gasteiger partial charge in [-0.25, -0.2) is 0 Å². The molecule has 2 aromatic rings. The minimum absolute atomic E-state index is 0.0129. The molecule has 1 saturated carbocycles. The van der Waals surface area contributed by atoms with Crippen molar-refractivity contribution in [2.24, 2.45) is 0 Å². The molecule has 1 N–H and O–H groups in total. The van der Waals surface area contributed by atoms with E-state index >= 15 is 0 Å². The zero-order valence-electron chi connectivity index (χ0n) is 14.9. The third kappa shape index (κ3) is 4.35. The van der Waals surface area contributed by atoms with Gasteiger partial charge >= 0.3 is 0 Å². The molecule has 0 bridgehead atoms. The molecule has 3 rings (SSSR count). The molecule has 3 heteroatoms. The second kappa shape index (κ2) is 8.11. The van der Waals surface area contributed by atoms with Crippen LogP contribution in [0.4, 0.5) is 0 Å². The maximum Gasteiger partial charge on any atom is 0.170 e. The fourth-order valence-electron chi connectivity index (χ4n) is 3.65. The zero-order chi connectivity index (χ0) is 16.8. The Morgan fingerprint density at radius 3 is 2.62 bits per heavy atom. The highest BCUT2D eigenvalue weighted by Crippen LogP contribution is 2.33. The first kappa shape index (κ1) is 17.4. The van der Waals surface area contributed by atoms with E-state index in [4.69, 9.17) is 9.47 Å². The van der Waals surface area contributed by atoms with E-state index in [-0.39, 0.29) is 11.9 Å². The van der Waals surface area contributed by atoms with Crippen LogP contribution in [0.5, 0.6) is 0 Å². The molecule has 1 fully saturated rings. The molecule has 0 spiro atoms. The molecule has 1 aliphatic rings. The lowest BCUT2D eigenvalue weighted by Gasteiger charge is -2.30. The van der Waals surface area contributed by atoms with Crippen LogP contribution in [-0.2, 0) is 16.0 Å². The maximum atomic E-state index is 6.28. The molecular weight excluding hydrogens is 298 g/mol. The molecule has 0 radical (unpaired) electrons. The maximum absolute atomic E-state index is 6.28. The normalized spacial score (nSPS) is 18.1. The average molecular weight is 327 g/mol. The van der Waals surface area contributed by atoms with Crippen molar-refractivity contribution in [3.05, 3.63) is 48.0 Å². The third-order valence-electron chi connectivity index (χ3n) is 4.94. The van der Waals surface area contributed by atoms with Gasteiger partial charge in [0.25, 0.3) is 0 Å². The number of fused-ring (bicyclic) bond motifs is 1. The Morgan fingerprint density at radius 1 is 1.08 bits per heavy atom. The molecule has 0 amide bonds. The summed E-state index contributed by atoms with van der Waals surface area (Å²) in [7, 11) is 0. The Kier molecular flexibility index (Phi) is 5.88. The number of benzene rings is 2. The quantitative estimate of drug-likeness (QED) is 0.716. The number of hydrogen-bond donors (Lipinski definition) is 1. The Hall–Kier alpha value is -1.42. The van der Waals surface area contributed by atoms with Gasteiger partial charge in [-0.15, -0.1) is 0 Å². The van der Waals surface area contributed by atoms with E-state index in [9.17, 15) is 0 Å². The van der Waals surface area contributed by atoms with Crippen LogP contribution in [0.1, 0.15) is 45.1 Å². The average Bonchev–Trinajstić information content (AvgIpc) is 3.01. The van der Waals surface area contributed by atoms with Crippen molar-refractivity contribution in [3.8, 4) is 0 Å². The van der Waals surface area contributed by atoms with Crippen LogP contribution in [-0.4, -0.2) is 25.0 Å². The lowest BCUT2D eigenvalue weighted by atomic mass is 10.0. The Labute approximate surface area is 145 Å². The number of rotatable bonds is 8. The molecule has 0 aliphatic heterocycles. The Bertz CT molecular complexity index is 644. The predicted octanol–water partition coefficient (Wildman–Crippen LogP) is 4.64. The van der Waals surface area contributed by atoms with Crippen molar-refractivity contribution in [1.82, 2.24) is 5.32 Å². The van der Waals surface area contributed by atoms with Gasteiger partial charge in [-0.2, -0.15) is 0 Å². The van der Waals surface area contributed by atoms with Crippen LogP contribution in [0.25, 0.3) is 10.8 Å². The van der Waals surface area contributed by atoms with Crippen molar-refractivity contribution in [2.45, 2.75) is 58.0 Å². The summed E-state index contributed by atoms with van der Waals surface area (Å²) in [5.74, 6) is 0. The van der Waals surface area contributed by atoms with E-state index in [1.54, 1.807) is 0 Å². The van der Waals surface area contributed by atoms with E-state index in [0.29, 0.717) is 13.2 Å². The lowest BCUT2D eigenvalue weighted by Crippen LogP contribution is -2.38. The van der Waals surface area contributed by atoms with E-state index in [1.807, 2.05) is 6.92 Å². The first-order chi connectivity index (χ1) is 11.7. The summed E-state index contributed by atoms with van der Waals surface area (Å²) in [5.41, 5.74) is 1.30. The molecular formula is C21H29NO2. The summed E-state index contributed by atoms with van der Waals surface area (Å²) < 4.78 is 12.1. The molecule has 130 valence electrons. The van der Waals surface area contributed by atoms with Gasteiger partial charge in [-0.1, -0.05) is 55.3 Å². The van der Waals surface area contributed by atoms with Gasteiger partial charge < -0.3 is 14.8 Å². The highest BCUT2D eigenvalue weighted by atomic mass is 16.7. The van der Waals surface area contributed by atoms with Crippen LogP contribution in [0.2, 0.25) is 0 Å². The molecule has 3 nitrogen and oxygen atoms in total. The van der Waals surface area contributed by atoms with Crippen LogP contribution < -0.4 is 5.32 Å². The largest absolute Gasteiger partial charge is 0.352 e. The first-order valence-corrected chi connectivity index (χ1v) is 9.17. The minimum Gasteiger partial charge on any atom is -0.352 e. The highest BCUT2D eigenvalue weighted by Gasteiger charge is 2.32. The second-order valence-corrected chi connectivity index (χ2v) is 6.93. The van der Waals surface area contributed by atoms with Crippen LogP contribution in [0.3, 0.4) is 0 Å². The molecule has 0 aromatic heterocycles.